The Bertz CT molecular complexity index is 172. The van der Waals surface area contributed by atoms with E-state index in [0.717, 1.165) is 0 Å². The molecule has 0 heterocycles. The highest BCUT2D eigenvalue weighted by atomic mass is 16.5. The predicted molar refractivity (Wildman–Crippen MR) is 50.8 cm³/mol. The third-order valence-electron chi connectivity index (χ3n) is 1.51. The minimum atomic E-state index is -0.393. The molecule has 1 amide bonds. The second kappa shape index (κ2) is 8.50. The Labute approximate surface area is 84.0 Å². The smallest absolute Gasteiger partial charge is 0.325 e. The van der Waals surface area contributed by atoms with Gasteiger partial charge in [-0.15, -0.1) is 0 Å². The van der Waals surface area contributed by atoms with Gasteiger partial charge in [-0.2, -0.15) is 0 Å². The van der Waals surface area contributed by atoms with Gasteiger partial charge in [-0.3, -0.25) is 9.59 Å². The maximum atomic E-state index is 11.0. The number of ether oxygens (including phenoxy) is 2. The van der Waals surface area contributed by atoms with Crippen LogP contribution < -0.4 is 0 Å². The van der Waals surface area contributed by atoms with Gasteiger partial charge in [-0.25, -0.2) is 0 Å². The van der Waals surface area contributed by atoms with Crippen LogP contribution in [-0.4, -0.2) is 50.2 Å². The molecule has 0 aliphatic carbocycles. The molecular weight excluding hydrogens is 186 g/mol. The van der Waals surface area contributed by atoms with Crippen LogP contribution in [0.2, 0.25) is 0 Å². The Morgan fingerprint density at radius 2 is 2.07 bits per heavy atom. The first kappa shape index (κ1) is 12.9. The Morgan fingerprint density at radius 1 is 1.36 bits per heavy atom. The molecule has 0 N–H and O–H groups in total. The monoisotopic (exact) mass is 203 g/mol. The minimum absolute atomic E-state index is 0.00951. The molecule has 0 aromatic carbocycles. The molecule has 0 rings (SSSR count). The van der Waals surface area contributed by atoms with Gasteiger partial charge in [0, 0.05) is 13.2 Å². The first-order valence-electron chi connectivity index (χ1n) is 4.67. The zero-order valence-electron chi connectivity index (χ0n) is 8.69. The van der Waals surface area contributed by atoms with E-state index in [1.54, 1.807) is 6.92 Å². The van der Waals surface area contributed by atoms with Crippen LogP contribution >= 0.6 is 0 Å². The summed E-state index contributed by atoms with van der Waals surface area (Å²) in [7, 11) is 0. The van der Waals surface area contributed by atoms with Crippen molar-refractivity contribution in [3.05, 3.63) is 0 Å². The molecule has 14 heavy (non-hydrogen) atoms. The van der Waals surface area contributed by atoms with Gasteiger partial charge < -0.3 is 14.4 Å². The summed E-state index contributed by atoms with van der Waals surface area (Å²) in [5.74, 6) is -0.393. The molecule has 5 heteroatoms. The lowest BCUT2D eigenvalue weighted by atomic mass is 10.5. The Balaban J connectivity index is 3.67. The van der Waals surface area contributed by atoms with E-state index >= 15 is 0 Å². The molecule has 0 saturated heterocycles. The maximum Gasteiger partial charge on any atom is 0.325 e. The fraction of sp³-hybridized carbons (Fsp3) is 0.778. The molecule has 0 aliphatic rings. The summed E-state index contributed by atoms with van der Waals surface area (Å²) >= 11 is 0. The zero-order chi connectivity index (χ0) is 10.8. The molecule has 0 radical (unpaired) electrons. The molecule has 5 nitrogen and oxygen atoms in total. The molecule has 0 aromatic rings. The first-order chi connectivity index (χ1) is 6.74. The van der Waals surface area contributed by atoms with Gasteiger partial charge in [0.25, 0.3) is 0 Å². The van der Waals surface area contributed by atoms with Gasteiger partial charge in [0.2, 0.25) is 6.41 Å². The van der Waals surface area contributed by atoms with Crippen LogP contribution in [0, 0.1) is 0 Å². The van der Waals surface area contributed by atoms with Crippen LogP contribution in [0.4, 0.5) is 0 Å². The van der Waals surface area contributed by atoms with Crippen molar-refractivity contribution in [2.24, 2.45) is 0 Å². The number of hydrogen-bond acceptors (Lipinski definition) is 4. The summed E-state index contributed by atoms with van der Waals surface area (Å²) < 4.78 is 9.75. The van der Waals surface area contributed by atoms with E-state index in [4.69, 9.17) is 9.47 Å². The SMILES string of the molecule is CCOCCN(C=O)CC(=O)OCC. The number of hydrogen-bond donors (Lipinski definition) is 0. The van der Waals surface area contributed by atoms with Crippen molar-refractivity contribution in [3.8, 4) is 0 Å². The molecule has 0 aliphatic heterocycles. The third-order valence-corrected chi connectivity index (χ3v) is 1.51. The average molecular weight is 203 g/mol. The minimum Gasteiger partial charge on any atom is -0.465 e. The standard InChI is InChI=1S/C9H17NO4/c1-3-13-6-5-10(8-11)7-9(12)14-4-2/h8H,3-7H2,1-2H3. The molecule has 0 atom stereocenters. The highest BCUT2D eigenvalue weighted by Gasteiger charge is 2.08. The van der Waals surface area contributed by atoms with Crippen molar-refractivity contribution in [3.63, 3.8) is 0 Å². The summed E-state index contributed by atoms with van der Waals surface area (Å²) in [6.07, 6.45) is 0.621. The Hall–Kier alpha value is -1.10. The molecule has 0 bridgehead atoms. The van der Waals surface area contributed by atoms with Crippen LogP contribution in [0.3, 0.4) is 0 Å². The normalized spacial score (nSPS) is 9.57. The van der Waals surface area contributed by atoms with Crippen molar-refractivity contribution in [2.75, 3.05) is 32.9 Å². The molecule has 0 fully saturated rings. The average Bonchev–Trinajstić information content (AvgIpc) is 2.17. The van der Waals surface area contributed by atoms with E-state index in [-0.39, 0.29) is 6.54 Å². The Kier molecular flexibility index (Phi) is 7.83. The number of carbonyl (C=O) groups excluding carboxylic acids is 2. The van der Waals surface area contributed by atoms with Crippen LogP contribution in [0.15, 0.2) is 0 Å². The zero-order valence-corrected chi connectivity index (χ0v) is 8.69. The summed E-state index contributed by atoms with van der Waals surface area (Å²) in [6, 6.07) is 0. The van der Waals surface area contributed by atoms with E-state index in [1.165, 1.54) is 4.90 Å². The van der Waals surface area contributed by atoms with Gasteiger partial charge in [0.05, 0.1) is 13.2 Å². The first-order valence-corrected chi connectivity index (χ1v) is 4.67. The highest BCUT2D eigenvalue weighted by Crippen LogP contribution is 1.87. The van der Waals surface area contributed by atoms with Crippen LogP contribution in [0.5, 0.6) is 0 Å². The summed E-state index contributed by atoms with van der Waals surface area (Å²) in [5, 5.41) is 0. The van der Waals surface area contributed by atoms with Gasteiger partial charge in [-0.1, -0.05) is 0 Å². The van der Waals surface area contributed by atoms with Crippen LogP contribution in [0.25, 0.3) is 0 Å². The summed E-state index contributed by atoms with van der Waals surface area (Å²) in [4.78, 5) is 22.8. The predicted octanol–water partition coefficient (Wildman–Crippen LogP) is 0.0444. The van der Waals surface area contributed by atoms with Crippen molar-refractivity contribution >= 4 is 12.4 Å². The second-order valence-electron chi connectivity index (χ2n) is 2.58. The van der Waals surface area contributed by atoms with Crippen LogP contribution in [0.1, 0.15) is 13.8 Å². The van der Waals surface area contributed by atoms with Gasteiger partial charge in [-0.05, 0) is 13.8 Å². The van der Waals surface area contributed by atoms with E-state index < -0.39 is 5.97 Å². The highest BCUT2D eigenvalue weighted by molar-refractivity contribution is 5.74. The fourth-order valence-electron chi connectivity index (χ4n) is 0.868. The molecule has 0 unspecified atom stereocenters. The Morgan fingerprint density at radius 3 is 2.57 bits per heavy atom. The molecule has 82 valence electrons. The summed E-state index contributed by atoms with van der Waals surface area (Å²) in [6.45, 7) is 5.37. The van der Waals surface area contributed by atoms with Gasteiger partial charge >= 0.3 is 5.97 Å². The van der Waals surface area contributed by atoms with Crippen molar-refractivity contribution in [1.29, 1.82) is 0 Å². The van der Waals surface area contributed by atoms with Crippen molar-refractivity contribution in [1.82, 2.24) is 4.90 Å². The van der Waals surface area contributed by atoms with Gasteiger partial charge in [0.1, 0.15) is 6.54 Å². The van der Waals surface area contributed by atoms with E-state index in [0.29, 0.717) is 32.8 Å². The lowest BCUT2D eigenvalue weighted by Gasteiger charge is -2.15. The number of carbonyl (C=O) groups is 2. The molecular formula is C9H17NO4. The largest absolute Gasteiger partial charge is 0.465 e. The van der Waals surface area contributed by atoms with E-state index in [2.05, 4.69) is 0 Å². The van der Waals surface area contributed by atoms with Crippen LogP contribution in [-0.2, 0) is 19.1 Å². The summed E-state index contributed by atoms with van der Waals surface area (Å²) in [5.41, 5.74) is 0. The molecule has 0 saturated carbocycles. The number of esters is 1. The quantitative estimate of drug-likeness (QED) is 0.317. The number of nitrogens with zero attached hydrogens (tertiary/aromatic N) is 1. The second-order valence-corrected chi connectivity index (χ2v) is 2.58. The number of rotatable bonds is 8. The third kappa shape index (κ3) is 6.42. The van der Waals surface area contributed by atoms with Crippen molar-refractivity contribution in [2.45, 2.75) is 13.8 Å². The van der Waals surface area contributed by atoms with E-state index in [1.807, 2.05) is 6.92 Å². The van der Waals surface area contributed by atoms with Gasteiger partial charge in [0.15, 0.2) is 0 Å². The maximum absolute atomic E-state index is 11.0. The van der Waals surface area contributed by atoms with E-state index in [9.17, 15) is 9.59 Å². The lowest BCUT2D eigenvalue weighted by molar-refractivity contribution is -0.146. The molecule has 0 aromatic heterocycles. The molecule has 0 spiro atoms. The lowest BCUT2D eigenvalue weighted by Crippen LogP contribution is -2.32. The van der Waals surface area contributed by atoms with Crippen molar-refractivity contribution < 1.29 is 19.1 Å². The fourth-order valence-corrected chi connectivity index (χ4v) is 0.868. The topological polar surface area (TPSA) is 55.8 Å². The number of amides is 1.